The maximum absolute atomic E-state index is 12.8. The molecule has 1 fully saturated rings. The molecule has 3 rings (SSSR count). The highest BCUT2D eigenvalue weighted by Crippen LogP contribution is 2.33. The first-order valence-corrected chi connectivity index (χ1v) is 9.00. The Balaban J connectivity index is 1.79. The SMILES string of the molecule is CC[C@@H]1CN(C(=O)c2ccc3c(c2)NC(=O)CS3)C[C@@H]1N(C)C. The second-order valence-corrected chi connectivity index (χ2v) is 7.47. The normalized spacial score (nSPS) is 23.8. The van der Waals surface area contributed by atoms with E-state index in [9.17, 15) is 9.59 Å². The molecule has 1 aromatic carbocycles. The Hall–Kier alpha value is -1.53. The summed E-state index contributed by atoms with van der Waals surface area (Å²) in [5, 5.41) is 2.85. The number of rotatable bonds is 3. The van der Waals surface area contributed by atoms with Gasteiger partial charge < -0.3 is 15.1 Å². The lowest BCUT2D eigenvalue weighted by atomic mass is 10.0. The van der Waals surface area contributed by atoms with Crippen LogP contribution < -0.4 is 5.32 Å². The van der Waals surface area contributed by atoms with Crippen molar-refractivity contribution in [1.82, 2.24) is 9.80 Å². The molecular formula is C17H23N3O2S. The molecule has 0 bridgehead atoms. The van der Waals surface area contributed by atoms with Crippen molar-refractivity contribution in [2.75, 3.05) is 38.3 Å². The van der Waals surface area contributed by atoms with Gasteiger partial charge in [-0.15, -0.1) is 11.8 Å². The molecule has 2 amide bonds. The Morgan fingerprint density at radius 1 is 1.39 bits per heavy atom. The average Bonchev–Trinajstić information content (AvgIpc) is 2.98. The van der Waals surface area contributed by atoms with Gasteiger partial charge in [0, 0.05) is 29.6 Å². The van der Waals surface area contributed by atoms with E-state index in [1.54, 1.807) is 0 Å². The molecule has 0 spiro atoms. The fourth-order valence-corrected chi connectivity index (χ4v) is 4.19. The Bertz CT molecular complexity index is 632. The average molecular weight is 333 g/mol. The first-order valence-electron chi connectivity index (χ1n) is 8.02. The minimum Gasteiger partial charge on any atom is -0.337 e. The lowest BCUT2D eigenvalue weighted by Crippen LogP contribution is -2.36. The van der Waals surface area contributed by atoms with Gasteiger partial charge in [0.05, 0.1) is 11.4 Å². The molecule has 0 saturated carbocycles. The summed E-state index contributed by atoms with van der Waals surface area (Å²) in [6.45, 7) is 3.75. The van der Waals surface area contributed by atoms with Crippen LogP contribution in [0.15, 0.2) is 23.1 Å². The molecule has 23 heavy (non-hydrogen) atoms. The number of nitrogens with one attached hydrogen (secondary N) is 1. The molecule has 124 valence electrons. The quantitative estimate of drug-likeness (QED) is 0.921. The van der Waals surface area contributed by atoms with Crippen LogP contribution in [0, 0.1) is 5.92 Å². The van der Waals surface area contributed by atoms with Crippen molar-refractivity contribution >= 4 is 29.3 Å². The highest BCUT2D eigenvalue weighted by molar-refractivity contribution is 8.00. The lowest BCUT2D eigenvalue weighted by molar-refractivity contribution is -0.113. The number of hydrogen-bond acceptors (Lipinski definition) is 4. The number of amides is 2. The molecule has 1 aromatic rings. The summed E-state index contributed by atoms with van der Waals surface area (Å²) in [6.07, 6.45) is 1.07. The number of fused-ring (bicyclic) bond motifs is 1. The van der Waals surface area contributed by atoms with Gasteiger partial charge in [0.15, 0.2) is 0 Å². The summed E-state index contributed by atoms with van der Waals surface area (Å²) in [4.78, 5) is 29.5. The third-order valence-electron chi connectivity index (χ3n) is 4.74. The maximum Gasteiger partial charge on any atom is 0.253 e. The van der Waals surface area contributed by atoms with Crippen molar-refractivity contribution in [2.45, 2.75) is 24.3 Å². The van der Waals surface area contributed by atoms with Gasteiger partial charge in [0.25, 0.3) is 5.91 Å². The van der Waals surface area contributed by atoms with E-state index in [0.29, 0.717) is 23.3 Å². The Labute approximate surface area is 141 Å². The number of anilines is 1. The summed E-state index contributed by atoms with van der Waals surface area (Å²) in [5.41, 5.74) is 1.41. The van der Waals surface area contributed by atoms with E-state index in [-0.39, 0.29) is 11.8 Å². The van der Waals surface area contributed by atoms with E-state index < -0.39 is 0 Å². The standard InChI is InChI=1S/C17H23N3O2S/c1-4-11-8-20(9-14(11)19(2)3)17(22)12-5-6-15-13(7-12)18-16(21)10-23-15/h5-7,11,14H,4,8-10H2,1-3H3,(H,18,21)/t11-,14+/m1/s1. The van der Waals surface area contributed by atoms with Gasteiger partial charge in [0.1, 0.15) is 0 Å². The van der Waals surface area contributed by atoms with Crippen LogP contribution in [0.1, 0.15) is 23.7 Å². The smallest absolute Gasteiger partial charge is 0.253 e. The van der Waals surface area contributed by atoms with Crippen molar-refractivity contribution in [1.29, 1.82) is 0 Å². The Morgan fingerprint density at radius 3 is 2.83 bits per heavy atom. The molecule has 1 N–H and O–H groups in total. The highest BCUT2D eigenvalue weighted by Gasteiger charge is 2.35. The van der Waals surface area contributed by atoms with E-state index in [4.69, 9.17) is 0 Å². The number of likely N-dealkylation sites (N-methyl/N-ethyl adjacent to an activating group) is 1. The van der Waals surface area contributed by atoms with Gasteiger partial charge in [-0.1, -0.05) is 13.3 Å². The van der Waals surface area contributed by atoms with Crippen molar-refractivity contribution < 1.29 is 9.59 Å². The first-order chi connectivity index (χ1) is 11.0. The highest BCUT2D eigenvalue weighted by atomic mass is 32.2. The van der Waals surface area contributed by atoms with Crippen molar-refractivity contribution in [2.24, 2.45) is 5.92 Å². The van der Waals surface area contributed by atoms with E-state index in [0.717, 1.165) is 30.1 Å². The third-order valence-corrected chi connectivity index (χ3v) is 5.81. The van der Waals surface area contributed by atoms with Crippen molar-refractivity contribution in [3.8, 4) is 0 Å². The van der Waals surface area contributed by atoms with E-state index in [2.05, 4.69) is 31.2 Å². The van der Waals surface area contributed by atoms with Crippen LogP contribution in [-0.2, 0) is 4.79 Å². The molecule has 6 heteroatoms. The van der Waals surface area contributed by atoms with Gasteiger partial charge in [-0.3, -0.25) is 9.59 Å². The van der Waals surface area contributed by atoms with Gasteiger partial charge >= 0.3 is 0 Å². The van der Waals surface area contributed by atoms with Gasteiger partial charge in [-0.05, 0) is 38.2 Å². The molecule has 0 radical (unpaired) electrons. The van der Waals surface area contributed by atoms with Crippen LogP contribution in [-0.4, -0.2) is 60.6 Å². The predicted octanol–water partition coefficient (Wildman–Crippen LogP) is 2.14. The molecule has 2 aliphatic rings. The van der Waals surface area contributed by atoms with E-state index in [1.165, 1.54) is 11.8 Å². The molecule has 2 heterocycles. The van der Waals surface area contributed by atoms with Crippen LogP contribution in [0.2, 0.25) is 0 Å². The summed E-state index contributed by atoms with van der Waals surface area (Å²) < 4.78 is 0. The molecule has 2 aliphatic heterocycles. The monoisotopic (exact) mass is 333 g/mol. The number of likely N-dealkylation sites (tertiary alicyclic amines) is 1. The van der Waals surface area contributed by atoms with Crippen molar-refractivity contribution in [3.63, 3.8) is 0 Å². The largest absolute Gasteiger partial charge is 0.337 e. The van der Waals surface area contributed by atoms with Gasteiger partial charge in [0.2, 0.25) is 5.91 Å². The number of hydrogen-bond donors (Lipinski definition) is 1. The topological polar surface area (TPSA) is 52.7 Å². The number of benzene rings is 1. The predicted molar refractivity (Wildman–Crippen MR) is 93.0 cm³/mol. The second-order valence-electron chi connectivity index (χ2n) is 6.46. The number of carbonyl (C=O) groups is 2. The lowest BCUT2D eigenvalue weighted by Gasteiger charge is -2.24. The summed E-state index contributed by atoms with van der Waals surface area (Å²) in [7, 11) is 4.15. The van der Waals surface area contributed by atoms with Crippen molar-refractivity contribution in [3.05, 3.63) is 23.8 Å². The molecule has 0 unspecified atom stereocenters. The molecule has 0 aromatic heterocycles. The third kappa shape index (κ3) is 3.23. The zero-order valence-electron chi connectivity index (χ0n) is 13.8. The van der Waals surface area contributed by atoms with Crippen LogP contribution >= 0.6 is 11.8 Å². The molecule has 5 nitrogen and oxygen atoms in total. The minimum atomic E-state index is -0.00742. The summed E-state index contributed by atoms with van der Waals surface area (Å²) in [5.74, 6) is 1.00. The van der Waals surface area contributed by atoms with Crippen LogP contribution in [0.4, 0.5) is 5.69 Å². The fourth-order valence-electron chi connectivity index (χ4n) is 3.40. The molecule has 0 aliphatic carbocycles. The molecule has 1 saturated heterocycles. The summed E-state index contributed by atoms with van der Waals surface area (Å²) in [6, 6.07) is 6.03. The fraction of sp³-hybridized carbons (Fsp3) is 0.529. The van der Waals surface area contributed by atoms with Gasteiger partial charge in [-0.2, -0.15) is 0 Å². The van der Waals surface area contributed by atoms with E-state index in [1.807, 2.05) is 23.1 Å². The number of carbonyl (C=O) groups excluding carboxylic acids is 2. The van der Waals surface area contributed by atoms with Gasteiger partial charge in [-0.25, -0.2) is 0 Å². The van der Waals surface area contributed by atoms with Crippen LogP contribution in [0.5, 0.6) is 0 Å². The zero-order valence-corrected chi connectivity index (χ0v) is 14.7. The first kappa shape index (κ1) is 16.3. The molecular weight excluding hydrogens is 310 g/mol. The van der Waals surface area contributed by atoms with Crippen LogP contribution in [0.25, 0.3) is 0 Å². The minimum absolute atomic E-state index is 0.00742. The Morgan fingerprint density at radius 2 is 2.17 bits per heavy atom. The molecule has 2 atom stereocenters. The number of nitrogens with zero attached hydrogens (tertiary/aromatic N) is 2. The van der Waals surface area contributed by atoms with E-state index >= 15 is 0 Å². The maximum atomic E-state index is 12.8. The van der Waals surface area contributed by atoms with Crippen LogP contribution in [0.3, 0.4) is 0 Å². The Kier molecular flexibility index (Phi) is 4.64. The number of thioether (sulfide) groups is 1. The zero-order chi connectivity index (χ0) is 16.6. The second kappa shape index (κ2) is 6.53. The summed E-state index contributed by atoms with van der Waals surface area (Å²) >= 11 is 1.51.